The van der Waals surface area contributed by atoms with E-state index >= 15 is 0 Å². The van der Waals surface area contributed by atoms with Gasteiger partial charge in [-0.15, -0.1) is 0 Å². The Morgan fingerprint density at radius 3 is 2.20 bits per heavy atom. The van der Waals surface area contributed by atoms with Crippen molar-refractivity contribution in [3.63, 3.8) is 0 Å². The lowest BCUT2D eigenvalue weighted by Gasteiger charge is -2.34. The van der Waals surface area contributed by atoms with Crippen molar-refractivity contribution < 1.29 is 37.4 Å². The average molecular weight is 607 g/mol. The van der Waals surface area contributed by atoms with Gasteiger partial charge in [0.1, 0.15) is 0 Å². The number of ketones is 1. The van der Waals surface area contributed by atoms with Crippen LogP contribution in [0.3, 0.4) is 0 Å². The van der Waals surface area contributed by atoms with E-state index in [0.29, 0.717) is 0 Å². The number of rotatable bonds is 9. The number of carboxylic acid groups (broad SMARTS) is 1. The van der Waals surface area contributed by atoms with Gasteiger partial charge >= 0.3 is 12.1 Å². The quantitative estimate of drug-likeness (QED) is 0.351. The van der Waals surface area contributed by atoms with Crippen molar-refractivity contribution in [3.8, 4) is 0 Å². The predicted octanol–water partition coefficient (Wildman–Crippen LogP) is 5.95. The molecule has 1 saturated carbocycles. The van der Waals surface area contributed by atoms with Gasteiger partial charge in [0.2, 0.25) is 0 Å². The fourth-order valence-electron chi connectivity index (χ4n) is 4.59. The molecule has 0 atom stereocenters. The van der Waals surface area contributed by atoms with Gasteiger partial charge in [-0.05, 0) is 53.4 Å². The molecule has 2 aromatic rings. The third-order valence-corrected chi connectivity index (χ3v) is 7.44. The van der Waals surface area contributed by atoms with E-state index in [4.69, 9.17) is 27.9 Å². The molecule has 2 heterocycles. The van der Waals surface area contributed by atoms with Crippen LogP contribution in [-0.2, 0) is 15.7 Å². The largest absolute Gasteiger partial charge is 0.481 e. The molecule has 1 aliphatic rings. The van der Waals surface area contributed by atoms with Gasteiger partial charge in [-0.25, -0.2) is 0 Å². The van der Waals surface area contributed by atoms with Crippen molar-refractivity contribution >= 4 is 40.9 Å². The lowest BCUT2D eigenvalue weighted by Crippen LogP contribution is -2.40. The molecule has 0 saturated heterocycles. The van der Waals surface area contributed by atoms with Crippen LogP contribution in [0.2, 0.25) is 10.0 Å². The number of pyridine rings is 1. The highest BCUT2D eigenvalue weighted by Crippen LogP contribution is 2.43. The second-order valence-corrected chi connectivity index (χ2v) is 11.8. The van der Waals surface area contributed by atoms with E-state index in [2.05, 4.69) is 10.1 Å². The van der Waals surface area contributed by atoms with Crippen molar-refractivity contribution in [2.24, 2.45) is 5.41 Å². The van der Waals surface area contributed by atoms with Gasteiger partial charge in [0, 0.05) is 18.9 Å². The molecule has 0 bridgehead atoms. The Morgan fingerprint density at radius 2 is 1.70 bits per heavy atom. The molecule has 0 unspecified atom stereocenters. The lowest BCUT2D eigenvalue weighted by atomic mass is 9.74. The Bertz CT molecular complexity index is 1250. The number of hydrogen-bond acceptors (Lipinski definition) is 6. The molecule has 14 heteroatoms. The molecular weight excluding hydrogens is 576 g/mol. The molecule has 3 rings (SSSR count). The number of aromatic nitrogens is 3. The highest BCUT2D eigenvalue weighted by molar-refractivity contribution is 6.39. The summed E-state index contributed by atoms with van der Waals surface area (Å²) in [5.41, 5.74) is -3.74. The first-order valence-electron chi connectivity index (χ1n) is 12.6. The van der Waals surface area contributed by atoms with E-state index in [1.165, 1.54) is 12.4 Å². The van der Waals surface area contributed by atoms with Crippen LogP contribution in [0.4, 0.5) is 13.2 Å². The Morgan fingerprint density at radius 1 is 1.12 bits per heavy atom. The number of carboxylic acids is 1. The summed E-state index contributed by atoms with van der Waals surface area (Å²) in [5.74, 6) is -2.77. The van der Waals surface area contributed by atoms with Gasteiger partial charge in [-0.2, -0.15) is 18.3 Å². The van der Waals surface area contributed by atoms with Crippen LogP contribution in [0.5, 0.6) is 0 Å². The third kappa shape index (κ3) is 7.32. The van der Waals surface area contributed by atoms with E-state index < -0.39 is 58.7 Å². The highest BCUT2D eigenvalue weighted by Gasteiger charge is 2.45. The van der Waals surface area contributed by atoms with Crippen LogP contribution in [0.15, 0.2) is 18.6 Å². The van der Waals surface area contributed by atoms with Gasteiger partial charge in [0.25, 0.3) is 5.91 Å². The van der Waals surface area contributed by atoms with Gasteiger partial charge < -0.3 is 14.7 Å². The molecular formula is C26H31Cl2F3N4O5. The first-order chi connectivity index (χ1) is 18.4. The summed E-state index contributed by atoms with van der Waals surface area (Å²) in [6.45, 7) is 5.98. The number of aliphatic carboxylic acids is 1. The minimum absolute atomic E-state index is 0.0633. The van der Waals surface area contributed by atoms with E-state index in [-0.39, 0.29) is 54.4 Å². The number of nitrogens with zero attached hydrogens (tertiary/aromatic N) is 4. The number of alkyl halides is 3. The second-order valence-electron chi connectivity index (χ2n) is 11.0. The molecule has 1 fully saturated rings. The van der Waals surface area contributed by atoms with Crippen LogP contribution in [0.1, 0.15) is 85.8 Å². The molecule has 1 amide bonds. The average Bonchev–Trinajstić information content (AvgIpc) is 3.28. The monoisotopic (exact) mass is 606 g/mol. The number of amides is 1. The number of ether oxygens (including phenoxy) is 1. The van der Waals surface area contributed by atoms with Crippen molar-refractivity contribution in [1.29, 1.82) is 0 Å². The molecule has 40 heavy (non-hydrogen) atoms. The Kier molecular flexibility index (Phi) is 9.58. The first-order valence-corrected chi connectivity index (χ1v) is 13.3. The SMILES string of the molecule is CC(C)(C)OCCN(CC(=O)c1c(Cl)cncc1Cl)C(=O)c1cnn([C@H]2CC[C@](C)(C(=O)O)CC2)c1C(F)(F)F. The van der Waals surface area contributed by atoms with Crippen LogP contribution in [0, 0.1) is 5.41 Å². The summed E-state index contributed by atoms with van der Waals surface area (Å²) in [7, 11) is 0. The van der Waals surface area contributed by atoms with Crippen molar-refractivity contribution in [1.82, 2.24) is 19.7 Å². The fraction of sp³-hybridized carbons (Fsp3) is 0.577. The Balaban J connectivity index is 1.95. The van der Waals surface area contributed by atoms with E-state index in [9.17, 15) is 32.7 Å². The summed E-state index contributed by atoms with van der Waals surface area (Å²) in [4.78, 5) is 43.0. The molecule has 0 spiro atoms. The number of Topliss-reactive ketones (excluding diaryl/α,β-unsaturated/α-hetero) is 1. The molecule has 220 valence electrons. The lowest BCUT2D eigenvalue weighted by molar-refractivity contribution is -0.152. The number of hydrogen-bond donors (Lipinski definition) is 1. The van der Waals surface area contributed by atoms with Gasteiger partial charge in [0.05, 0.1) is 57.6 Å². The number of carbonyl (C=O) groups is 3. The van der Waals surface area contributed by atoms with E-state index in [1.54, 1.807) is 27.7 Å². The molecule has 0 aromatic carbocycles. The predicted molar refractivity (Wildman–Crippen MR) is 141 cm³/mol. The summed E-state index contributed by atoms with van der Waals surface area (Å²) < 4.78 is 49.6. The van der Waals surface area contributed by atoms with Crippen molar-refractivity contribution in [2.45, 2.75) is 71.2 Å². The summed E-state index contributed by atoms with van der Waals surface area (Å²) in [6.07, 6.45) is -1.13. The Labute approximate surface area is 239 Å². The van der Waals surface area contributed by atoms with Crippen molar-refractivity contribution in [2.75, 3.05) is 19.7 Å². The second kappa shape index (κ2) is 12.0. The van der Waals surface area contributed by atoms with Crippen LogP contribution in [0.25, 0.3) is 0 Å². The molecule has 9 nitrogen and oxygen atoms in total. The normalized spacial score (nSPS) is 19.9. The van der Waals surface area contributed by atoms with E-state index in [1.807, 2.05) is 0 Å². The van der Waals surface area contributed by atoms with Crippen molar-refractivity contribution in [3.05, 3.63) is 45.5 Å². The minimum atomic E-state index is -4.95. The topological polar surface area (TPSA) is 115 Å². The molecule has 2 aromatic heterocycles. The maximum absolute atomic E-state index is 14.4. The summed E-state index contributed by atoms with van der Waals surface area (Å²) >= 11 is 12.2. The molecule has 1 aliphatic carbocycles. The summed E-state index contributed by atoms with van der Waals surface area (Å²) in [5, 5.41) is 13.3. The smallest absolute Gasteiger partial charge is 0.433 e. The maximum atomic E-state index is 14.4. The summed E-state index contributed by atoms with van der Waals surface area (Å²) in [6, 6.07) is -0.751. The van der Waals surface area contributed by atoms with Crippen LogP contribution in [-0.4, -0.2) is 67.7 Å². The van der Waals surface area contributed by atoms with Crippen LogP contribution >= 0.6 is 23.2 Å². The van der Waals surface area contributed by atoms with Gasteiger partial charge in [-0.1, -0.05) is 23.2 Å². The van der Waals surface area contributed by atoms with Gasteiger partial charge in [0.15, 0.2) is 11.5 Å². The maximum Gasteiger partial charge on any atom is 0.433 e. The first kappa shape index (κ1) is 31.8. The zero-order valence-corrected chi connectivity index (χ0v) is 24.0. The highest BCUT2D eigenvalue weighted by atomic mass is 35.5. The standard InChI is InChI=1S/C26H31Cl2F3N4O5/c1-24(2,3)40-10-9-34(14-19(36)20-17(27)12-32-13-18(20)28)22(37)16-11-33-35(21(16)26(29,30)31)15-5-7-25(4,8-6-15)23(38)39/h11-13,15H,5-10,14H2,1-4H3,(H,38,39)/t15-,25-. The number of halogens is 5. The zero-order valence-electron chi connectivity index (χ0n) is 22.5. The molecule has 0 radical (unpaired) electrons. The minimum Gasteiger partial charge on any atom is -0.481 e. The zero-order chi connectivity index (χ0) is 30.0. The van der Waals surface area contributed by atoms with E-state index in [0.717, 1.165) is 15.8 Å². The fourth-order valence-corrected chi connectivity index (χ4v) is 5.17. The van der Waals surface area contributed by atoms with Gasteiger partial charge in [-0.3, -0.25) is 24.0 Å². The molecule has 1 N–H and O–H groups in total. The van der Waals surface area contributed by atoms with Crippen LogP contribution < -0.4 is 0 Å². The third-order valence-electron chi connectivity index (χ3n) is 6.87. The number of carbonyl (C=O) groups excluding carboxylic acids is 2. The molecule has 0 aliphatic heterocycles. The Hall–Kier alpha value is -2.70.